The lowest BCUT2D eigenvalue weighted by atomic mass is 9.96. The van der Waals surface area contributed by atoms with Crippen molar-refractivity contribution in [3.05, 3.63) is 51.5 Å². The Hall–Kier alpha value is -1.86. The van der Waals surface area contributed by atoms with Gasteiger partial charge >= 0.3 is 0 Å². The second-order valence-corrected chi connectivity index (χ2v) is 7.57. The maximum atomic E-state index is 13.7. The van der Waals surface area contributed by atoms with Gasteiger partial charge < -0.3 is 5.32 Å². The standard InChI is InChI=1S/C18H17F3N2OS/c19-12-3-4-13(17(21)16(12)20)22-15(24)9-23-7-5-14-11(6-8-25-14)18(23)10-1-2-10/h3-4,6,8,10,18H,1-2,5,7,9H2,(H,22,24)/t18-/m0/s1. The van der Waals surface area contributed by atoms with Crippen LogP contribution in [0, 0.1) is 23.4 Å². The maximum Gasteiger partial charge on any atom is 0.238 e. The fraction of sp³-hybridized carbons (Fsp3) is 0.389. The number of halogens is 3. The van der Waals surface area contributed by atoms with Crippen molar-refractivity contribution in [1.82, 2.24) is 4.90 Å². The van der Waals surface area contributed by atoms with Crippen LogP contribution in [0.4, 0.5) is 18.9 Å². The Balaban J connectivity index is 1.48. The van der Waals surface area contributed by atoms with Crippen molar-refractivity contribution >= 4 is 22.9 Å². The van der Waals surface area contributed by atoms with Gasteiger partial charge in [-0.25, -0.2) is 13.2 Å². The number of anilines is 1. The van der Waals surface area contributed by atoms with Crippen molar-refractivity contribution in [2.45, 2.75) is 25.3 Å². The number of thiophene rings is 1. The van der Waals surface area contributed by atoms with Crippen molar-refractivity contribution in [1.29, 1.82) is 0 Å². The monoisotopic (exact) mass is 366 g/mol. The van der Waals surface area contributed by atoms with E-state index in [9.17, 15) is 18.0 Å². The van der Waals surface area contributed by atoms with Gasteiger partial charge in [0.1, 0.15) is 0 Å². The lowest BCUT2D eigenvalue weighted by Crippen LogP contribution is -2.41. The molecule has 1 saturated carbocycles. The van der Waals surface area contributed by atoms with Crippen molar-refractivity contribution in [2.75, 3.05) is 18.4 Å². The van der Waals surface area contributed by atoms with Crippen molar-refractivity contribution < 1.29 is 18.0 Å². The third-order valence-electron chi connectivity index (χ3n) is 4.84. The first-order valence-corrected chi connectivity index (χ1v) is 9.16. The average molecular weight is 366 g/mol. The highest BCUT2D eigenvalue weighted by Crippen LogP contribution is 2.48. The molecular formula is C18H17F3N2OS. The van der Waals surface area contributed by atoms with Crippen LogP contribution in [0.1, 0.15) is 29.3 Å². The second-order valence-electron chi connectivity index (χ2n) is 6.57. The SMILES string of the molecule is O=C(CN1CCc2sccc2[C@@H]1C1CC1)Nc1ccc(F)c(F)c1F. The summed E-state index contributed by atoms with van der Waals surface area (Å²) in [4.78, 5) is 15.8. The molecule has 1 fully saturated rings. The van der Waals surface area contributed by atoms with Crippen LogP contribution in [0.25, 0.3) is 0 Å². The van der Waals surface area contributed by atoms with Gasteiger partial charge in [0, 0.05) is 17.5 Å². The third kappa shape index (κ3) is 3.18. The summed E-state index contributed by atoms with van der Waals surface area (Å²) < 4.78 is 40.0. The predicted molar refractivity (Wildman–Crippen MR) is 90.0 cm³/mol. The van der Waals surface area contributed by atoms with E-state index in [1.54, 1.807) is 11.3 Å². The van der Waals surface area contributed by atoms with Crippen molar-refractivity contribution in [3.8, 4) is 0 Å². The molecule has 2 heterocycles. The molecule has 7 heteroatoms. The number of rotatable bonds is 4. The number of nitrogens with one attached hydrogen (secondary N) is 1. The van der Waals surface area contributed by atoms with E-state index in [-0.39, 0.29) is 18.3 Å². The maximum absolute atomic E-state index is 13.7. The van der Waals surface area contributed by atoms with E-state index in [0.717, 1.165) is 37.9 Å². The molecule has 1 aliphatic carbocycles. The van der Waals surface area contributed by atoms with Crippen LogP contribution in [0.2, 0.25) is 0 Å². The summed E-state index contributed by atoms with van der Waals surface area (Å²) in [5, 5.41) is 4.45. The lowest BCUT2D eigenvalue weighted by Gasteiger charge is -2.35. The first-order chi connectivity index (χ1) is 12.0. The smallest absolute Gasteiger partial charge is 0.238 e. The van der Waals surface area contributed by atoms with E-state index in [1.165, 1.54) is 10.4 Å². The van der Waals surface area contributed by atoms with Crippen LogP contribution in [0.15, 0.2) is 23.6 Å². The molecule has 132 valence electrons. The molecular weight excluding hydrogens is 349 g/mol. The zero-order valence-corrected chi connectivity index (χ0v) is 14.2. The Bertz CT molecular complexity index is 819. The minimum atomic E-state index is -1.57. The van der Waals surface area contributed by atoms with Crippen LogP contribution in [0.5, 0.6) is 0 Å². The van der Waals surface area contributed by atoms with Gasteiger partial charge in [0.15, 0.2) is 17.5 Å². The average Bonchev–Trinajstić information content (AvgIpc) is 3.31. The topological polar surface area (TPSA) is 32.3 Å². The van der Waals surface area contributed by atoms with Crippen LogP contribution < -0.4 is 5.32 Å². The molecule has 0 spiro atoms. The molecule has 1 atom stereocenters. The van der Waals surface area contributed by atoms with E-state index in [1.807, 2.05) is 0 Å². The number of carbonyl (C=O) groups is 1. The molecule has 0 unspecified atom stereocenters. The zero-order chi connectivity index (χ0) is 17.6. The third-order valence-corrected chi connectivity index (χ3v) is 5.84. The quantitative estimate of drug-likeness (QED) is 0.826. The Labute approximate surface area is 147 Å². The molecule has 1 aromatic heterocycles. The van der Waals surface area contributed by atoms with E-state index < -0.39 is 23.4 Å². The molecule has 1 aliphatic heterocycles. The fourth-order valence-electron chi connectivity index (χ4n) is 3.54. The number of fused-ring (bicyclic) bond motifs is 1. The molecule has 1 amide bonds. The van der Waals surface area contributed by atoms with Crippen LogP contribution >= 0.6 is 11.3 Å². The van der Waals surface area contributed by atoms with Crippen LogP contribution in [0.3, 0.4) is 0 Å². The summed E-state index contributed by atoms with van der Waals surface area (Å²) in [6.45, 7) is 0.872. The highest BCUT2D eigenvalue weighted by molar-refractivity contribution is 7.10. The summed E-state index contributed by atoms with van der Waals surface area (Å²) in [7, 11) is 0. The van der Waals surface area contributed by atoms with Gasteiger partial charge in [-0.2, -0.15) is 0 Å². The van der Waals surface area contributed by atoms with Gasteiger partial charge in [-0.3, -0.25) is 9.69 Å². The van der Waals surface area contributed by atoms with E-state index in [0.29, 0.717) is 5.92 Å². The Morgan fingerprint density at radius 3 is 2.76 bits per heavy atom. The van der Waals surface area contributed by atoms with Crippen LogP contribution in [-0.2, 0) is 11.2 Å². The van der Waals surface area contributed by atoms with E-state index in [2.05, 4.69) is 21.7 Å². The molecule has 0 saturated heterocycles. The summed E-state index contributed by atoms with van der Waals surface area (Å²) in [5.74, 6) is -4.08. The highest BCUT2D eigenvalue weighted by Gasteiger charge is 2.40. The molecule has 4 rings (SSSR count). The van der Waals surface area contributed by atoms with Gasteiger partial charge in [0.05, 0.1) is 12.2 Å². The number of amides is 1. The second kappa shape index (κ2) is 6.46. The number of hydrogen-bond donors (Lipinski definition) is 1. The molecule has 0 radical (unpaired) electrons. The van der Waals surface area contributed by atoms with Gasteiger partial charge in [0.2, 0.25) is 5.91 Å². The molecule has 2 aliphatic rings. The predicted octanol–water partition coefficient (Wildman–Crippen LogP) is 4.11. The molecule has 25 heavy (non-hydrogen) atoms. The minimum absolute atomic E-state index is 0.106. The van der Waals surface area contributed by atoms with Crippen molar-refractivity contribution in [2.24, 2.45) is 5.92 Å². The van der Waals surface area contributed by atoms with E-state index >= 15 is 0 Å². The normalized spacial score (nSPS) is 20.4. The number of carbonyl (C=O) groups excluding carboxylic acids is 1. The summed E-state index contributed by atoms with van der Waals surface area (Å²) in [5.41, 5.74) is 0.964. The van der Waals surface area contributed by atoms with Crippen molar-refractivity contribution in [3.63, 3.8) is 0 Å². The summed E-state index contributed by atoms with van der Waals surface area (Å²) in [6, 6.07) is 4.19. The Morgan fingerprint density at radius 2 is 2.00 bits per heavy atom. The Kier molecular flexibility index (Phi) is 4.29. The summed E-state index contributed by atoms with van der Waals surface area (Å²) in [6.07, 6.45) is 3.19. The molecule has 1 aromatic carbocycles. The molecule has 2 aromatic rings. The molecule has 1 N–H and O–H groups in total. The van der Waals surface area contributed by atoms with Crippen LogP contribution in [-0.4, -0.2) is 23.9 Å². The minimum Gasteiger partial charge on any atom is -0.322 e. The highest BCUT2D eigenvalue weighted by atomic mass is 32.1. The molecule has 0 bridgehead atoms. The zero-order valence-electron chi connectivity index (χ0n) is 13.4. The summed E-state index contributed by atoms with van der Waals surface area (Å²) >= 11 is 1.75. The van der Waals surface area contributed by atoms with Gasteiger partial charge in [-0.05, 0) is 54.3 Å². The first-order valence-electron chi connectivity index (χ1n) is 8.28. The van der Waals surface area contributed by atoms with Gasteiger partial charge in [-0.15, -0.1) is 11.3 Å². The number of hydrogen-bond acceptors (Lipinski definition) is 3. The number of nitrogens with zero attached hydrogens (tertiary/aromatic N) is 1. The van der Waals surface area contributed by atoms with Gasteiger partial charge in [-0.1, -0.05) is 0 Å². The molecule has 3 nitrogen and oxygen atoms in total. The Morgan fingerprint density at radius 1 is 1.20 bits per heavy atom. The fourth-order valence-corrected chi connectivity index (χ4v) is 4.45. The van der Waals surface area contributed by atoms with Gasteiger partial charge in [0.25, 0.3) is 0 Å². The first kappa shape index (κ1) is 16.6. The number of benzene rings is 1. The lowest BCUT2D eigenvalue weighted by molar-refractivity contribution is -0.118. The largest absolute Gasteiger partial charge is 0.322 e. The van der Waals surface area contributed by atoms with E-state index in [4.69, 9.17) is 0 Å².